The van der Waals surface area contributed by atoms with E-state index in [1.54, 1.807) is 35.3 Å². The lowest BCUT2D eigenvalue weighted by Gasteiger charge is -2.15. The summed E-state index contributed by atoms with van der Waals surface area (Å²) in [6, 6.07) is 7.76. The van der Waals surface area contributed by atoms with Crippen LogP contribution >= 0.6 is 34.8 Å². The van der Waals surface area contributed by atoms with Gasteiger partial charge in [0.15, 0.2) is 5.82 Å². The molecule has 28 heavy (non-hydrogen) atoms. The van der Waals surface area contributed by atoms with Crippen molar-refractivity contribution in [2.24, 2.45) is 0 Å². The summed E-state index contributed by atoms with van der Waals surface area (Å²) in [5, 5.41) is 0.745. The van der Waals surface area contributed by atoms with Crippen LogP contribution in [-0.2, 0) is 6.54 Å². The Morgan fingerprint density at radius 2 is 1.64 bits per heavy atom. The number of nitrogens with zero attached hydrogens (tertiary/aromatic N) is 5. The van der Waals surface area contributed by atoms with Gasteiger partial charge >= 0.3 is 5.69 Å². The molecule has 0 radical (unpaired) electrons. The summed E-state index contributed by atoms with van der Waals surface area (Å²) in [6.07, 6.45) is 4.84. The van der Waals surface area contributed by atoms with E-state index >= 15 is 0 Å². The molecule has 0 atom stereocenters. The van der Waals surface area contributed by atoms with Gasteiger partial charge in [0, 0.05) is 34.2 Å². The van der Waals surface area contributed by atoms with Crippen molar-refractivity contribution in [1.29, 1.82) is 0 Å². The number of hydrogen-bond donors (Lipinski definition) is 0. The fraction of sp³-hybridized carbons (Fsp3) is 0.0556. The van der Waals surface area contributed by atoms with Crippen LogP contribution in [0.3, 0.4) is 0 Å². The van der Waals surface area contributed by atoms with E-state index in [2.05, 4.69) is 15.0 Å². The van der Waals surface area contributed by atoms with Crippen LogP contribution in [0.4, 0.5) is 0 Å². The molecule has 2 aromatic rings. The molecule has 7 nitrogen and oxygen atoms in total. The zero-order chi connectivity index (χ0) is 19.8. The molecule has 1 aromatic heterocycles. The molecule has 0 saturated heterocycles. The first-order chi connectivity index (χ1) is 13.4. The van der Waals surface area contributed by atoms with Gasteiger partial charge in [0.05, 0.1) is 17.8 Å². The van der Waals surface area contributed by atoms with Crippen LogP contribution in [0.2, 0.25) is 15.3 Å². The Bertz CT molecular complexity index is 1250. The third kappa shape index (κ3) is 3.52. The molecular weight excluding hydrogens is 425 g/mol. The summed E-state index contributed by atoms with van der Waals surface area (Å²) in [7, 11) is 0. The quantitative estimate of drug-likeness (QED) is 0.462. The van der Waals surface area contributed by atoms with E-state index in [-0.39, 0.29) is 22.4 Å². The van der Waals surface area contributed by atoms with Crippen LogP contribution in [0.1, 0.15) is 5.56 Å². The highest BCUT2D eigenvalue weighted by Gasteiger charge is 2.18. The predicted molar refractivity (Wildman–Crippen MR) is 107 cm³/mol. The lowest BCUT2D eigenvalue weighted by atomic mass is 10.2. The maximum absolute atomic E-state index is 13.0. The minimum absolute atomic E-state index is 0.134. The van der Waals surface area contributed by atoms with Crippen molar-refractivity contribution >= 4 is 34.8 Å². The van der Waals surface area contributed by atoms with Gasteiger partial charge in [0.2, 0.25) is 5.28 Å². The number of halogens is 3. The van der Waals surface area contributed by atoms with E-state index in [0.717, 1.165) is 10.1 Å². The molecule has 3 heterocycles. The van der Waals surface area contributed by atoms with Crippen LogP contribution in [0, 0.1) is 0 Å². The molecule has 0 fully saturated rings. The van der Waals surface area contributed by atoms with Crippen molar-refractivity contribution in [2.75, 3.05) is 0 Å². The zero-order valence-electron chi connectivity index (χ0n) is 14.0. The van der Waals surface area contributed by atoms with Gasteiger partial charge in [-0.3, -0.25) is 4.79 Å². The molecule has 0 amide bonds. The second kappa shape index (κ2) is 7.35. The molecule has 1 aromatic carbocycles. The van der Waals surface area contributed by atoms with Gasteiger partial charge in [-0.25, -0.2) is 19.3 Å². The molecule has 2 aliphatic heterocycles. The smallest absolute Gasteiger partial charge is 0.328 e. The van der Waals surface area contributed by atoms with E-state index in [1.807, 2.05) is 0 Å². The molecule has 4 rings (SSSR count). The molecule has 0 bridgehead atoms. The van der Waals surface area contributed by atoms with Crippen molar-refractivity contribution < 1.29 is 0 Å². The highest BCUT2D eigenvalue weighted by molar-refractivity contribution is 6.34. The first-order valence-corrected chi connectivity index (χ1v) is 9.11. The van der Waals surface area contributed by atoms with Crippen molar-refractivity contribution in [2.45, 2.75) is 6.54 Å². The fourth-order valence-electron chi connectivity index (χ4n) is 2.82. The number of benzene rings is 1. The van der Waals surface area contributed by atoms with E-state index in [9.17, 15) is 9.59 Å². The van der Waals surface area contributed by atoms with Crippen molar-refractivity contribution in [1.82, 2.24) is 24.1 Å². The maximum Gasteiger partial charge on any atom is 0.357 e. The van der Waals surface area contributed by atoms with Crippen molar-refractivity contribution in [3.63, 3.8) is 0 Å². The minimum Gasteiger partial charge on any atom is -0.328 e. The SMILES string of the molecule is O=c1nc2n(Cc3cnc(Cl)nc3)cccc-2c(=O)n1-c1cc(Cl)cc(Cl)c1. The Hall–Kier alpha value is -2.74. The van der Waals surface area contributed by atoms with Crippen LogP contribution < -0.4 is 11.2 Å². The van der Waals surface area contributed by atoms with Gasteiger partial charge < -0.3 is 4.57 Å². The number of aromatic nitrogens is 5. The summed E-state index contributed by atoms with van der Waals surface area (Å²) >= 11 is 17.7. The Morgan fingerprint density at radius 3 is 2.32 bits per heavy atom. The molecule has 0 saturated carbocycles. The highest BCUT2D eigenvalue weighted by atomic mass is 35.5. The average molecular weight is 435 g/mol. The summed E-state index contributed by atoms with van der Waals surface area (Å²) in [4.78, 5) is 37.6. The van der Waals surface area contributed by atoms with Crippen molar-refractivity contribution in [3.05, 3.63) is 90.7 Å². The third-order valence-corrected chi connectivity index (χ3v) is 4.63. The summed E-state index contributed by atoms with van der Waals surface area (Å²) < 4.78 is 2.61. The fourth-order valence-corrected chi connectivity index (χ4v) is 3.44. The van der Waals surface area contributed by atoms with Crippen LogP contribution in [0.15, 0.2) is 58.5 Å². The second-order valence-corrected chi connectivity index (χ2v) is 7.11. The van der Waals surface area contributed by atoms with E-state index in [0.29, 0.717) is 16.6 Å². The third-order valence-electron chi connectivity index (χ3n) is 4.00. The lowest BCUT2D eigenvalue weighted by molar-refractivity contribution is 0.747. The maximum atomic E-state index is 13.0. The number of pyridine rings is 1. The first-order valence-electron chi connectivity index (χ1n) is 7.97. The normalized spacial score (nSPS) is 11.1. The molecular formula is C18H10Cl3N5O2. The molecule has 0 aliphatic carbocycles. The van der Waals surface area contributed by atoms with Gasteiger partial charge in [-0.05, 0) is 41.9 Å². The van der Waals surface area contributed by atoms with Gasteiger partial charge in [0.1, 0.15) is 0 Å². The Kier molecular flexibility index (Phi) is 4.89. The summed E-state index contributed by atoms with van der Waals surface area (Å²) in [5.74, 6) is 0.247. The largest absolute Gasteiger partial charge is 0.357 e. The Balaban J connectivity index is 1.88. The van der Waals surface area contributed by atoms with Crippen LogP contribution in [0.25, 0.3) is 17.1 Å². The molecule has 0 N–H and O–H groups in total. The molecule has 140 valence electrons. The van der Waals surface area contributed by atoms with Gasteiger partial charge in [-0.15, -0.1) is 0 Å². The summed E-state index contributed by atoms with van der Waals surface area (Å²) in [6.45, 7) is 0.313. The minimum atomic E-state index is -0.733. The summed E-state index contributed by atoms with van der Waals surface area (Å²) in [5.41, 5.74) is 0.0108. The molecule has 2 aliphatic rings. The zero-order valence-corrected chi connectivity index (χ0v) is 16.3. The highest BCUT2D eigenvalue weighted by Crippen LogP contribution is 2.21. The Morgan fingerprint density at radius 1 is 0.964 bits per heavy atom. The van der Waals surface area contributed by atoms with E-state index in [4.69, 9.17) is 34.8 Å². The van der Waals surface area contributed by atoms with Crippen LogP contribution in [-0.4, -0.2) is 24.1 Å². The van der Waals surface area contributed by atoms with Crippen molar-refractivity contribution in [3.8, 4) is 17.1 Å². The topological polar surface area (TPSA) is 82.7 Å². The van der Waals surface area contributed by atoms with Gasteiger partial charge in [-0.1, -0.05) is 23.2 Å². The van der Waals surface area contributed by atoms with Gasteiger partial charge in [0.25, 0.3) is 5.56 Å². The van der Waals surface area contributed by atoms with E-state index in [1.165, 1.54) is 18.2 Å². The number of fused-ring (bicyclic) bond motifs is 1. The molecule has 0 spiro atoms. The second-order valence-electron chi connectivity index (χ2n) is 5.90. The molecule has 0 unspecified atom stereocenters. The van der Waals surface area contributed by atoms with E-state index < -0.39 is 11.2 Å². The first kappa shape index (κ1) is 18.6. The number of hydrogen-bond acceptors (Lipinski definition) is 5. The van der Waals surface area contributed by atoms with Crippen LogP contribution in [0.5, 0.6) is 0 Å². The Labute approximate surface area is 173 Å². The number of rotatable bonds is 3. The predicted octanol–water partition coefficient (Wildman–Crippen LogP) is 3.30. The monoisotopic (exact) mass is 433 g/mol. The van der Waals surface area contributed by atoms with Gasteiger partial charge in [-0.2, -0.15) is 4.98 Å². The lowest BCUT2D eigenvalue weighted by Crippen LogP contribution is -2.36. The molecule has 10 heteroatoms. The standard InChI is InChI=1S/C18H10Cl3N5O2/c19-11-4-12(20)6-13(5-11)26-16(27)14-2-1-3-25(15(14)24-18(26)28)9-10-7-22-17(21)23-8-10/h1-8H,9H2. The average Bonchev–Trinajstić information content (AvgIpc) is 2.63.